The summed E-state index contributed by atoms with van der Waals surface area (Å²) in [6.45, 7) is 3.46. The van der Waals surface area contributed by atoms with Gasteiger partial charge >= 0.3 is 11.9 Å². The molecule has 34 heavy (non-hydrogen) atoms. The molecular weight excluding hydrogens is 434 g/mol. The fourth-order valence-corrected chi connectivity index (χ4v) is 3.02. The number of carbonyl (C=O) groups excluding carboxylic acids is 2. The molecule has 3 rings (SSSR count). The Morgan fingerprint density at radius 1 is 0.882 bits per heavy atom. The highest BCUT2D eigenvalue weighted by Crippen LogP contribution is 2.19. The minimum Gasteiger partial charge on any atom is -0.478 e. The summed E-state index contributed by atoms with van der Waals surface area (Å²) in [5.74, 6) is -1.89. The lowest BCUT2D eigenvalue weighted by molar-refractivity contribution is -0.117. The average molecular weight is 457 g/mol. The first-order valence-electron chi connectivity index (χ1n) is 10.4. The number of carboxylic acids is 1. The number of esters is 1. The predicted octanol–water partition coefficient (Wildman–Crippen LogP) is 4.87. The predicted molar refractivity (Wildman–Crippen MR) is 127 cm³/mol. The van der Waals surface area contributed by atoms with E-state index < -0.39 is 18.0 Å². The molecule has 0 fully saturated rings. The summed E-state index contributed by atoms with van der Waals surface area (Å²) in [5, 5.41) is 19.8. The zero-order chi connectivity index (χ0) is 24.3. The molecule has 2 N–H and O–H groups in total. The minimum absolute atomic E-state index is 0.00110. The van der Waals surface area contributed by atoms with Gasteiger partial charge in [-0.05, 0) is 66.6 Å². The van der Waals surface area contributed by atoms with E-state index in [-0.39, 0.29) is 18.1 Å². The van der Waals surface area contributed by atoms with Crippen LogP contribution in [0.3, 0.4) is 0 Å². The summed E-state index contributed by atoms with van der Waals surface area (Å²) < 4.78 is 5.42. The van der Waals surface area contributed by atoms with Crippen molar-refractivity contribution in [3.63, 3.8) is 0 Å². The third kappa shape index (κ3) is 7.23. The SMILES string of the molecule is C=CC(=O)NC(COC(=O)c1ccc(/N=N/c2ccc(C(=O)O)cc2)cc1)Cc1ccccc1. The van der Waals surface area contributed by atoms with Crippen LogP contribution in [0.1, 0.15) is 26.3 Å². The molecular formula is C26H23N3O5. The number of ether oxygens (including phenoxy) is 1. The highest BCUT2D eigenvalue weighted by atomic mass is 16.5. The van der Waals surface area contributed by atoms with Crippen molar-refractivity contribution in [1.82, 2.24) is 5.32 Å². The van der Waals surface area contributed by atoms with Crippen molar-refractivity contribution in [2.75, 3.05) is 6.61 Å². The molecule has 0 heterocycles. The molecule has 1 atom stereocenters. The van der Waals surface area contributed by atoms with Crippen molar-refractivity contribution >= 4 is 29.2 Å². The number of aromatic carboxylic acids is 1. The smallest absolute Gasteiger partial charge is 0.338 e. The van der Waals surface area contributed by atoms with Gasteiger partial charge < -0.3 is 15.2 Å². The topological polar surface area (TPSA) is 117 Å². The minimum atomic E-state index is -1.01. The molecule has 3 aromatic rings. The number of rotatable bonds is 10. The van der Waals surface area contributed by atoms with Crippen molar-refractivity contribution < 1.29 is 24.2 Å². The Morgan fingerprint density at radius 3 is 1.97 bits per heavy atom. The molecule has 0 spiro atoms. The number of benzene rings is 3. The zero-order valence-electron chi connectivity index (χ0n) is 18.3. The van der Waals surface area contributed by atoms with Crippen molar-refractivity contribution in [3.05, 3.63) is 108 Å². The molecule has 172 valence electrons. The van der Waals surface area contributed by atoms with Crippen LogP contribution in [0.15, 0.2) is 102 Å². The van der Waals surface area contributed by atoms with Crippen LogP contribution in [0.5, 0.6) is 0 Å². The van der Waals surface area contributed by atoms with Gasteiger partial charge in [0.15, 0.2) is 0 Å². The first-order chi connectivity index (χ1) is 16.4. The molecule has 0 aliphatic carbocycles. The Balaban J connectivity index is 1.58. The molecule has 0 saturated heterocycles. The summed E-state index contributed by atoms with van der Waals surface area (Å²) in [6.07, 6.45) is 1.67. The highest BCUT2D eigenvalue weighted by Gasteiger charge is 2.15. The van der Waals surface area contributed by atoms with E-state index >= 15 is 0 Å². The van der Waals surface area contributed by atoms with E-state index in [1.54, 1.807) is 36.4 Å². The number of hydrogen-bond acceptors (Lipinski definition) is 6. The maximum atomic E-state index is 12.5. The van der Waals surface area contributed by atoms with Crippen LogP contribution >= 0.6 is 0 Å². The van der Waals surface area contributed by atoms with Gasteiger partial charge in [-0.15, -0.1) is 0 Å². The maximum absolute atomic E-state index is 12.5. The largest absolute Gasteiger partial charge is 0.478 e. The third-order valence-electron chi connectivity index (χ3n) is 4.77. The molecule has 0 aliphatic heterocycles. The van der Waals surface area contributed by atoms with Crippen LogP contribution in [0.2, 0.25) is 0 Å². The van der Waals surface area contributed by atoms with E-state index in [9.17, 15) is 14.4 Å². The van der Waals surface area contributed by atoms with Crippen molar-refractivity contribution in [1.29, 1.82) is 0 Å². The fourth-order valence-electron chi connectivity index (χ4n) is 3.02. The molecule has 3 aromatic carbocycles. The average Bonchev–Trinajstić information content (AvgIpc) is 2.87. The molecule has 0 radical (unpaired) electrons. The lowest BCUT2D eigenvalue weighted by Crippen LogP contribution is -2.39. The molecule has 0 aromatic heterocycles. The second-order valence-corrected chi connectivity index (χ2v) is 7.30. The van der Waals surface area contributed by atoms with E-state index in [0.717, 1.165) is 5.56 Å². The first-order valence-corrected chi connectivity index (χ1v) is 10.4. The second-order valence-electron chi connectivity index (χ2n) is 7.30. The standard InChI is InChI=1S/C26H23N3O5/c1-2-24(30)27-23(16-18-6-4-3-5-7-18)17-34-26(33)20-10-14-22(15-11-20)29-28-21-12-8-19(9-13-21)25(31)32/h2-15,23H,1,16-17H2,(H,27,30)(H,31,32)/b29-28+. The summed E-state index contributed by atoms with van der Waals surface area (Å²) in [4.78, 5) is 35.1. The van der Waals surface area contributed by atoms with Gasteiger partial charge in [0.25, 0.3) is 0 Å². The van der Waals surface area contributed by atoms with Gasteiger partial charge in [-0.3, -0.25) is 4.79 Å². The first kappa shape index (κ1) is 24.1. The number of hydrogen-bond donors (Lipinski definition) is 2. The van der Waals surface area contributed by atoms with E-state index in [4.69, 9.17) is 9.84 Å². The van der Waals surface area contributed by atoms with Gasteiger partial charge in [0.05, 0.1) is 28.5 Å². The molecule has 0 saturated carbocycles. The van der Waals surface area contributed by atoms with Gasteiger partial charge in [-0.2, -0.15) is 10.2 Å². The van der Waals surface area contributed by atoms with E-state index in [2.05, 4.69) is 22.1 Å². The third-order valence-corrected chi connectivity index (χ3v) is 4.77. The molecule has 0 bridgehead atoms. The van der Waals surface area contributed by atoms with Crippen LogP contribution in [-0.2, 0) is 16.0 Å². The fraction of sp³-hybridized carbons (Fsp3) is 0.115. The monoisotopic (exact) mass is 457 g/mol. The van der Waals surface area contributed by atoms with E-state index in [1.807, 2.05) is 30.3 Å². The quantitative estimate of drug-likeness (QED) is 0.256. The Kier molecular flexibility index (Phi) is 8.40. The van der Waals surface area contributed by atoms with Crippen molar-refractivity contribution in [2.24, 2.45) is 10.2 Å². The van der Waals surface area contributed by atoms with Crippen molar-refractivity contribution in [2.45, 2.75) is 12.5 Å². The van der Waals surface area contributed by atoms with Gasteiger partial charge in [0, 0.05) is 0 Å². The summed E-state index contributed by atoms with van der Waals surface area (Å²) >= 11 is 0. The highest BCUT2D eigenvalue weighted by molar-refractivity contribution is 5.90. The van der Waals surface area contributed by atoms with Gasteiger partial charge in [-0.1, -0.05) is 36.9 Å². The lowest BCUT2D eigenvalue weighted by atomic mass is 10.1. The van der Waals surface area contributed by atoms with Gasteiger partial charge in [0.1, 0.15) is 6.61 Å². The van der Waals surface area contributed by atoms with E-state index in [0.29, 0.717) is 23.4 Å². The summed E-state index contributed by atoms with van der Waals surface area (Å²) in [6, 6.07) is 21.5. The van der Waals surface area contributed by atoms with E-state index in [1.165, 1.54) is 18.2 Å². The van der Waals surface area contributed by atoms with Crippen LogP contribution in [0, 0.1) is 0 Å². The second kappa shape index (κ2) is 11.9. The van der Waals surface area contributed by atoms with Gasteiger partial charge in [-0.25, -0.2) is 9.59 Å². The number of carboxylic acid groups (broad SMARTS) is 1. The number of amides is 1. The zero-order valence-corrected chi connectivity index (χ0v) is 18.3. The van der Waals surface area contributed by atoms with Gasteiger partial charge in [0.2, 0.25) is 5.91 Å². The molecule has 1 unspecified atom stereocenters. The maximum Gasteiger partial charge on any atom is 0.338 e. The van der Waals surface area contributed by atoms with Crippen LogP contribution < -0.4 is 5.32 Å². The Hall–Kier alpha value is -4.59. The number of nitrogens with zero attached hydrogens (tertiary/aromatic N) is 2. The number of carbonyl (C=O) groups is 3. The van der Waals surface area contributed by atoms with Crippen LogP contribution in [-0.4, -0.2) is 35.6 Å². The normalized spacial score (nSPS) is 11.5. The summed E-state index contributed by atoms with van der Waals surface area (Å²) in [5.41, 5.74) is 2.51. The van der Waals surface area contributed by atoms with Crippen LogP contribution in [0.4, 0.5) is 11.4 Å². The molecule has 1 amide bonds. The Morgan fingerprint density at radius 2 is 1.44 bits per heavy atom. The number of nitrogens with one attached hydrogen (secondary N) is 1. The van der Waals surface area contributed by atoms with Crippen LogP contribution in [0.25, 0.3) is 0 Å². The Labute approximate surface area is 196 Å². The Bertz CT molecular complexity index is 1170. The molecule has 8 nitrogen and oxygen atoms in total. The summed E-state index contributed by atoms with van der Waals surface area (Å²) in [7, 11) is 0. The molecule has 0 aliphatic rings. The molecule has 8 heteroatoms. The van der Waals surface area contributed by atoms with Crippen molar-refractivity contribution in [3.8, 4) is 0 Å². The number of azo groups is 1. The lowest BCUT2D eigenvalue weighted by Gasteiger charge is -2.18.